The summed E-state index contributed by atoms with van der Waals surface area (Å²) < 4.78 is 28.1. The van der Waals surface area contributed by atoms with Gasteiger partial charge in [-0.15, -0.1) is 0 Å². The molecule has 8 heteroatoms. The van der Waals surface area contributed by atoms with Crippen LogP contribution in [0.5, 0.6) is 0 Å². The topological polar surface area (TPSA) is 100 Å². The van der Waals surface area contributed by atoms with Gasteiger partial charge in [-0.2, -0.15) is 15.0 Å². The van der Waals surface area contributed by atoms with E-state index in [1.54, 1.807) is 23.1 Å². The van der Waals surface area contributed by atoms with E-state index >= 15 is 0 Å². The van der Waals surface area contributed by atoms with Gasteiger partial charge in [0.15, 0.2) is 6.23 Å². The van der Waals surface area contributed by atoms with Crippen molar-refractivity contribution in [3.05, 3.63) is 30.5 Å². The Morgan fingerprint density at radius 3 is 2.62 bits per heavy atom. The highest BCUT2D eigenvalue weighted by Crippen LogP contribution is 2.23. The Bertz CT molecular complexity index is 718. The van der Waals surface area contributed by atoms with Crippen molar-refractivity contribution in [2.75, 3.05) is 6.61 Å². The Hall–Kier alpha value is -1.77. The highest BCUT2D eigenvalue weighted by Gasteiger charge is 2.18. The van der Waals surface area contributed by atoms with Crippen molar-refractivity contribution >= 4 is 10.0 Å². The monoisotopic (exact) mass is 308 g/mol. The number of benzene rings is 1. The zero-order valence-corrected chi connectivity index (χ0v) is 12.2. The van der Waals surface area contributed by atoms with E-state index < -0.39 is 10.0 Å². The summed E-state index contributed by atoms with van der Waals surface area (Å²) in [5, 5.41) is 13.7. The number of sulfonamides is 1. The molecule has 0 amide bonds. The van der Waals surface area contributed by atoms with Gasteiger partial charge in [0.2, 0.25) is 10.0 Å². The first-order chi connectivity index (χ1) is 10.0. The second-order valence-electron chi connectivity index (χ2n) is 4.94. The number of nitrogens with two attached hydrogens (primary N) is 1. The van der Waals surface area contributed by atoms with Crippen LogP contribution in [0.4, 0.5) is 0 Å². The quantitative estimate of drug-likeness (QED) is 0.921. The predicted molar refractivity (Wildman–Crippen MR) is 75.7 cm³/mol. The molecule has 0 spiro atoms. The van der Waals surface area contributed by atoms with Gasteiger partial charge in [0.1, 0.15) is 5.69 Å². The van der Waals surface area contributed by atoms with Gasteiger partial charge in [0, 0.05) is 12.2 Å². The summed E-state index contributed by atoms with van der Waals surface area (Å²) in [5.41, 5.74) is 1.45. The molecule has 0 saturated carbocycles. The molecule has 1 unspecified atom stereocenters. The molecule has 1 aliphatic rings. The first-order valence-corrected chi connectivity index (χ1v) is 8.25. The Morgan fingerprint density at radius 1 is 1.24 bits per heavy atom. The van der Waals surface area contributed by atoms with E-state index in [1.165, 1.54) is 12.1 Å². The van der Waals surface area contributed by atoms with E-state index in [9.17, 15) is 8.42 Å². The van der Waals surface area contributed by atoms with Crippen LogP contribution < -0.4 is 5.14 Å². The standard InChI is InChI=1S/C13H16N4O3S/c14-21(18,19)11-6-4-10(5-7-11)12-9-15-17(16-12)13-3-1-2-8-20-13/h4-7,9,13H,1-3,8H2,(H2,14,18,19). The molecular formula is C13H16N4O3S. The lowest BCUT2D eigenvalue weighted by molar-refractivity contribution is -0.0479. The second kappa shape index (κ2) is 5.55. The van der Waals surface area contributed by atoms with Crippen LogP contribution >= 0.6 is 0 Å². The molecule has 112 valence electrons. The highest BCUT2D eigenvalue weighted by molar-refractivity contribution is 7.89. The summed E-state index contributed by atoms with van der Waals surface area (Å²) in [4.78, 5) is 1.65. The van der Waals surface area contributed by atoms with Crippen LogP contribution in [-0.2, 0) is 14.8 Å². The first-order valence-electron chi connectivity index (χ1n) is 6.71. The van der Waals surface area contributed by atoms with Gasteiger partial charge in [0.25, 0.3) is 0 Å². The van der Waals surface area contributed by atoms with Crippen LogP contribution in [0.1, 0.15) is 25.5 Å². The first kappa shape index (κ1) is 14.2. The van der Waals surface area contributed by atoms with Crippen LogP contribution in [0, 0.1) is 0 Å². The molecule has 2 aromatic rings. The van der Waals surface area contributed by atoms with E-state index in [4.69, 9.17) is 9.88 Å². The molecular weight excluding hydrogens is 292 g/mol. The number of aromatic nitrogens is 3. The van der Waals surface area contributed by atoms with Crippen LogP contribution in [0.2, 0.25) is 0 Å². The zero-order valence-electron chi connectivity index (χ0n) is 11.3. The van der Waals surface area contributed by atoms with Crippen molar-refractivity contribution in [2.24, 2.45) is 5.14 Å². The number of hydrogen-bond acceptors (Lipinski definition) is 5. The van der Waals surface area contributed by atoms with Crippen LogP contribution in [-0.4, -0.2) is 30.0 Å². The number of rotatable bonds is 3. The van der Waals surface area contributed by atoms with Crippen molar-refractivity contribution in [3.63, 3.8) is 0 Å². The van der Waals surface area contributed by atoms with Gasteiger partial charge in [-0.25, -0.2) is 13.6 Å². The summed E-state index contributed by atoms with van der Waals surface area (Å²) in [6.07, 6.45) is 4.60. The average molecular weight is 308 g/mol. The molecule has 1 aromatic carbocycles. The van der Waals surface area contributed by atoms with Crippen LogP contribution in [0.3, 0.4) is 0 Å². The third-order valence-electron chi connectivity index (χ3n) is 3.40. The number of nitrogens with zero attached hydrogens (tertiary/aromatic N) is 3. The fourth-order valence-electron chi connectivity index (χ4n) is 2.27. The smallest absolute Gasteiger partial charge is 0.238 e. The van der Waals surface area contributed by atoms with Crippen molar-refractivity contribution in [2.45, 2.75) is 30.4 Å². The van der Waals surface area contributed by atoms with Gasteiger partial charge >= 0.3 is 0 Å². The van der Waals surface area contributed by atoms with E-state index in [0.29, 0.717) is 5.69 Å². The SMILES string of the molecule is NS(=O)(=O)c1ccc(-c2cnn(C3CCCCO3)n2)cc1. The molecule has 7 nitrogen and oxygen atoms in total. The average Bonchev–Trinajstić information content (AvgIpc) is 2.97. The van der Waals surface area contributed by atoms with E-state index in [2.05, 4.69) is 10.2 Å². The molecule has 3 rings (SSSR count). The molecule has 0 radical (unpaired) electrons. The molecule has 21 heavy (non-hydrogen) atoms. The van der Waals surface area contributed by atoms with Crippen LogP contribution in [0.25, 0.3) is 11.3 Å². The van der Waals surface area contributed by atoms with Crippen molar-refractivity contribution in [3.8, 4) is 11.3 Å². The molecule has 1 fully saturated rings. The normalized spacial score (nSPS) is 19.6. The van der Waals surface area contributed by atoms with Gasteiger partial charge in [-0.1, -0.05) is 12.1 Å². The minimum Gasteiger partial charge on any atom is -0.355 e. The van der Waals surface area contributed by atoms with Gasteiger partial charge in [-0.05, 0) is 31.4 Å². The predicted octanol–water partition coefficient (Wildman–Crippen LogP) is 1.29. The summed E-state index contributed by atoms with van der Waals surface area (Å²) in [5.74, 6) is 0. The molecule has 0 aliphatic carbocycles. The lowest BCUT2D eigenvalue weighted by Crippen LogP contribution is -2.20. The number of primary sulfonamides is 1. The number of hydrogen-bond donors (Lipinski definition) is 1. The lowest BCUT2D eigenvalue weighted by Gasteiger charge is -2.21. The Morgan fingerprint density at radius 2 is 2.00 bits per heavy atom. The molecule has 1 atom stereocenters. The molecule has 1 aromatic heterocycles. The second-order valence-corrected chi connectivity index (χ2v) is 6.50. The van der Waals surface area contributed by atoms with Crippen LogP contribution in [0.15, 0.2) is 35.4 Å². The third kappa shape index (κ3) is 3.12. The summed E-state index contributed by atoms with van der Waals surface area (Å²) in [7, 11) is -3.67. The van der Waals surface area contributed by atoms with E-state index in [1.807, 2.05) is 0 Å². The minimum atomic E-state index is -3.67. The van der Waals surface area contributed by atoms with Gasteiger partial charge < -0.3 is 4.74 Å². The molecule has 1 aliphatic heterocycles. The van der Waals surface area contributed by atoms with Crippen molar-refractivity contribution in [1.29, 1.82) is 0 Å². The highest BCUT2D eigenvalue weighted by atomic mass is 32.2. The lowest BCUT2D eigenvalue weighted by atomic mass is 10.2. The van der Waals surface area contributed by atoms with Gasteiger partial charge in [0.05, 0.1) is 11.1 Å². The Labute approximate surface area is 122 Å². The Kier molecular flexibility index (Phi) is 3.75. The van der Waals surface area contributed by atoms with Gasteiger partial charge in [-0.3, -0.25) is 0 Å². The zero-order chi connectivity index (χ0) is 14.9. The maximum atomic E-state index is 11.2. The summed E-state index contributed by atoms with van der Waals surface area (Å²) in [6, 6.07) is 6.24. The fourth-order valence-corrected chi connectivity index (χ4v) is 2.78. The molecule has 2 N–H and O–H groups in total. The maximum Gasteiger partial charge on any atom is 0.238 e. The maximum absolute atomic E-state index is 11.2. The molecule has 2 heterocycles. The third-order valence-corrected chi connectivity index (χ3v) is 4.33. The molecule has 1 saturated heterocycles. The minimum absolute atomic E-state index is 0.0780. The summed E-state index contributed by atoms with van der Waals surface area (Å²) in [6.45, 7) is 0.727. The summed E-state index contributed by atoms with van der Waals surface area (Å²) >= 11 is 0. The van der Waals surface area contributed by atoms with Crippen molar-refractivity contribution in [1.82, 2.24) is 15.0 Å². The molecule has 0 bridgehead atoms. The number of ether oxygens (including phenoxy) is 1. The Balaban J connectivity index is 1.82. The van der Waals surface area contributed by atoms with E-state index in [-0.39, 0.29) is 11.1 Å². The van der Waals surface area contributed by atoms with Crippen molar-refractivity contribution < 1.29 is 13.2 Å². The van der Waals surface area contributed by atoms with E-state index in [0.717, 1.165) is 31.4 Å². The fraction of sp³-hybridized carbons (Fsp3) is 0.385. The largest absolute Gasteiger partial charge is 0.355 e.